The van der Waals surface area contributed by atoms with Crippen molar-refractivity contribution in [3.63, 3.8) is 0 Å². The first-order chi connectivity index (χ1) is 8.80. The number of hydrogen-bond donors (Lipinski definition) is 2. The van der Waals surface area contributed by atoms with Gasteiger partial charge in [-0.05, 0) is 6.08 Å². The van der Waals surface area contributed by atoms with Gasteiger partial charge in [-0.3, -0.25) is 0 Å². The Morgan fingerprint density at radius 3 is 1.79 bits per heavy atom. The molecule has 0 aliphatic heterocycles. The molecule has 2 nitrogen and oxygen atoms in total. The van der Waals surface area contributed by atoms with E-state index in [0.717, 1.165) is 18.2 Å². The first-order valence-corrected chi connectivity index (χ1v) is 5.09. The Morgan fingerprint density at radius 2 is 1.32 bits per heavy atom. The maximum absolute atomic E-state index is 13.6. The molecule has 1 aliphatic carbocycles. The highest BCUT2D eigenvalue weighted by Gasteiger charge is 2.43. The van der Waals surface area contributed by atoms with Crippen molar-refractivity contribution in [2.24, 2.45) is 0 Å². The molecule has 0 saturated carbocycles. The van der Waals surface area contributed by atoms with Gasteiger partial charge in [0.25, 0.3) is 0 Å². The average molecular weight is 278 g/mol. The normalized spacial score (nSPS) is 25.9. The van der Waals surface area contributed by atoms with Crippen LogP contribution in [0.25, 0.3) is 0 Å². The van der Waals surface area contributed by atoms with Gasteiger partial charge in [0.05, 0.1) is 5.56 Å². The molecule has 19 heavy (non-hydrogen) atoms. The van der Waals surface area contributed by atoms with Gasteiger partial charge in [0.15, 0.2) is 23.3 Å². The van der Waals surface area contributed by atoms with Crippen molar-refractivity contribution in [3.8, 4) is 0 Å². The average Bonchev–Trinajstić information content (AvgIpc) is 2.38. The first-order valence-electron chi connectivity index (χ1n) is 5.09. The Labute approximate surface area is 104 Å². The lowest BCUT2D eigenvalue weighted by molar-refractivity contribution is -0.0255. The molecule has 2 N–H and O–H groups in total. The summed E-state index contributed by atoms with van der Waals surface area (Å²) in [5, 5.41) is 19.5. The zero-order valence-corrected chi connectivity index (χ0v) is 9.17. The van der Waals surface area contributed by atoms with E-state index in [0.29, 0.717) is 0 Å². The topological polar surface area (TPSA) is 40.5 Å². The van der Waals surface area contributed by atoms with Gasteiger partial charge < -0.3 is 10.2 Å². The summed E-state index contributed by atoms with van der Waals surface area (Å²) in [6, 6.07) is 0. The molecule has 0 spiro atoms. The van der Waals surface area contributed by atoms with Crippen LogP contribution in [0.15, 0.2) is 24.3 Å². The quantitative estimate of drug-likeness (QED) is 0.469. The third kappa shape index (κ3) is 1.85. The molecular weight excluding hydrogens is 271 g/mol. The molecule has 102 valence electrons. The van der Waals surface area contributed by atoms with Crippen LogP contribution in [0.4, 0.5) is 22.0 Å². The summed E-state index contributed by atoms with van der Waals surface area (Å²) in [5.41, 5.74) is -4.21. The molecule has 0 amide bonds. The number of halogens is 5. The van der Waals surface area contributed by atoms with E-state index < -0.39 is 46.4 Å². The van der Waals surface area contributed by atoms with Crippen LogP contribution in [0.3, 0.4) is 0 Å². The zero-order valence-electron chi connectivity index (χ0n) is 9.17. The van der Waals surface area contributed by atoms with E-state index in [2.05, 4.69) is 0 Å². The van der Waals surface area contributed by atoms with Crippen LogP contribution in [0, 0.1) is 29.1 Å². The lowest BCUT2D eigenvalue weighted by atomic mass is 9.84. The number of rotatable bonds is 1. The summed E-state index contributed by atoms with van der Waals surface area (Å²) >= 11 is 0. The van der Waals surface area contributed by atoms with Gasteiger partial charge in [-0.15, -0.1) is 0 Å². The molecule has 7 heteroatoms. The van der Waals surface area contributed by atoms with Crippen molar-refractivity contribution in [2.45, 2.75) is 11.7 Å². The van der Waals surface area contributed by atoms with Gasteiger partial charge in [0.1, 0.15) is 11.7 Å². The molecule has 0 saturated heterocycles. The lowest BCUT2D eigenvalue weighted by Gasteiger charge is -2.31. The minimum atomic E-state index is -2.72. The van der Waals surface area contributed by atoms with Gasteiger partial charge in [-0.2, -0.15) is 0 Å². The second kappa shape index (κ2) is 4.43. The SMILES string of the molecule is OC1C=CC=CC1(O)c1c(F)c(F)c(F)c(F)c1F. The van der Waals surface area contributed by atoms with E-state index in [1.165, 1.54) is 6.08 Å². The highest BCUT2D eigenvalue weighted by molar-refractivity contribution is 5.38. The highest BCUT2D eigenvalue weighted by Crippen LogP contribution is 2.36. The van der Waals surface area contributed by atoms with Gasteiger partial charge in [-0.25, -0.2) is 22.0 Å². The van der Waals surface area contributed by atoms with Crippen LogP contribution in [0.5, 0.6) is 0 Å². The standard InChI is InChI=1S/C12H7F5O2/c13-7-6(8(14)10(16)11(17)9(7)15)12(19)4-2-1-3-5(12)18/h1-5,18-19H. The fourth-order valence-electron chi connectivity index (χ4n) is 1.80. The molecule has 2 atom stereocenters. The van der Waals surface area contributed by atoms with E-state index in [4.69, 9.17) is 0 Å². The Kier molecular flexibility index (Phi) is 3.19. The third-order valence-corrected chi connectivity index (χ3v) is 2.82. The lowest BCUT2D eigenvalue weighted by Crippen LogP contribution is -2.40. The molecule has 1 aromatic carbocycles. The Morgan fingerprint density at radius 1 is 0.842 bits per heavy atom. The number of benzene rings is 1. The number of hydrogen-bond acceptors (Lipinski definition) is 2. The highest BCUT2D eigenvalue weighted by atomic mass is 19.2. The summed E-state index contributed by atoms with van der Waals surface area (Å²) in [7, 11) is 0. The first kappa shape index (κ1) is 13.7. The van der Waals surface area contributed by atoms with Crippen LogP contribution in [-0.4, -0.2) is 16.3 Å². The summed E-state index contributed by atoms with van der Waals surface area (Å²) in [6.07, 6.45) is 2.23. The Bertz CT molecular complexity index is 567. The summed E-state index contributed by atoms with van der Waals surface area (Å²) in [4.78, 5) is 0. The van der Waals surface area contributed by atoms with Gasteiger partial charge in [0.2, 0.25) is 5.82 Å². The fraction of sp³-hybridized carbons (Fsp3) is 0.167. The van der Waals surface area contributed by atoms with Crippen molar-refractivity contribution in [1.29, 1.82) is 0 Å². The minimum absolute atomic E-state index is 0.746. The predicted octanol–water partition coefficient (Wildman–Crippen LogP) is 2.06. The molecule has 0 radical (unpaired) electrons. The second-order valence-corrected chi connectivity index (χ2v) is 3.96. The van der Waals surface area contributed by atoms with Gasteiger partial charge in [0, 0.05) is 0 Å². The van der Waals surface area contributed by atoms with Crippen LogP contribution in [0.1, 0.15) is 5.56 Å². The van der Waals surface area contributed by atoms with E-state index in [1.807, 2.05) is 0 Å². The van der Waals surface area contributed by atoms with Crippen LogP contribution >= 0.6 is 0 Å². The molecule has 2 unspecified atom stereocenters. The molecule has 1 aromatic rings. The molecule has 0 aromatic heterocycles. The molecule has 0 fully saturated rings. The van der Waals surface area contributed by atoms with E-state index >= 15 is 0 Å². The van der Waals surface area contributed by atoms with Crippen molar-refractivity contribution in [3.05, 3.63) is 59.0 Å². The summed E-state index contributed by atoms with van der Waals surface area (Å²) in [6.45, 7) is 0. The van der Waals surface area contributed by atoms with Crippen LogP contribution < -0.4 is 0 Å². The molecule has 1 aliphatic rings. The van der Waals surface area contributed by atoms with E-state index in [1.54, 1.807) is 0 Å². The van der Waals surface area contributed by atoms with Crippen molar-refractivity contribution >= 4 is 0 Å². The van der Waals surface area contributed by atoms with Crippen LogP contribution in [-0.2, 0) is 5.60 Å². The van der Waals surface area contributed by atoms with Crippen molar-refractivity contribution in [1.82, 2.24) is 0 Å². The maximum atomic E-state index is 13.6. The Balaban J connectivity index is 2.77. The number of allylic oxidation sites excluding steroid dienone is 2. The Hall–Kier alpha value is -1.73. The van der Waals surface area contributed by atoms with Gasteiger partial charge >= 0.3 is 0 Å². The molecular formula is C12H7F5O2. The van der Waals surface area contributed by atoms with Crippen molar-refractivity contribution in [2.75, 3.05) is 0 Å². The second-order valence-electron chi connectivity index (χ2n) is 3.96. The van der Waals surface area contributed by atoms with E-state index in [-0.39, 0.29) is 0 Å². The maximum Gasteiger partial charge on any atom is 0.200 e. The summed E-state index contributed by atoms with van der Waals surface area (Å²) < 4.78 is 66.1. The molecule has 0 bridgehead atoms. The zero-order chi connectivity index (χ0) is 14.4. The predicted molar refractivity (Wildman–Crippen MR) is 54.4 cm³/mol. The number of aliphatic hydroxyl groups is 2. The van der Waals surface area contributed by atoms with Crippen LogP contribution in [0.2, 0.25) is 0 Å². The number of aliphatic hydroxyl groups excluding tert-OH is 1. The van der Waals surface area contributed by atoms with E-state index in [9.17, 15) is 32.2 Å². The molecule has 2 rings (SSSR count). The van der Waals surface area contributed by atoms with Crippen molar-refractivity contribution < 1.29 is 32.2 Å². The fourth-order valence-corrected chi connectivity index (χ4v) is 1.80. The summed E-state index contributed by atoms with van der Waals surface area (Å²) in [5.74, 6) is -11.1. The monoisotopic (exact) mass is 278 g/mol. The third-order valence-electron chi connectivity index (χ3n) is 2.82. The van der Waals surface area contributed by atoms with Gasteiger partial charge in [-0.1, -0.05) is 18.2 Å². The molecule has 0 heterocycles. The smallest absolute Gasteiger partial charge is 0.200 e. The minimum Gasteiger partial charge on any atom is -0.385 e. The largest absolute Gasteiger partial charge is 0.385 e.